The highest BCUT2D eigenvalue weighted by Gasteiger charge is 2.27. The summed E-state index contributed by atoms with van der Waals surface area (Å²) in [4.78, 5) is 16.5. The predicted octanol–water partition coefficient (Wildman–Crippen LogP) is 1.07. The van der Waals surface area contributed by atoms with Gasteiger partial charge in [0.05, 0.1) is 6.04 Å². The summed E-state index contributed by atoms with van der Waals surface area (Å²) < 4.78 is 0. The van der Waals surface area contributed by atoms with Crippen LogP contribution in [0.25, 0.3) is 0 Å². The number of amides is 1. The molecule has 2 fully saturated rings. The number of nitrogens with one attached hydrogen (secondary N) is 1. The van der Waals surface area contributed by atoms with Crippen LogP contribution in [0.3, 0.4) is 0 Å². The zero-order chi connectivity index (χ0) is 13.0. The number of carbonyl (C=O) groups is 1. The van der Waals surface area contributed by atoms with Gasteiger partial charge in [-0.05, 0) is 46.2 Å². The molecule has 2 atom stereocenters. The molecule has 2 aliphatic rings. The molecule has 0 aromatic rings. The summed E-state index contributed by atoms with van der Waals surface area (Å²) >= 11 is 0. The maximum atomic E-state index is 12.3. The van der Waals surface area contributed by atoms with Crippen molar-refractivity contribution in [3.05, 3.63) is 0 Å². The smallest absolute Gasteiger partial charge is 0.239 e. The highest BCUT2D eigenvalue weighted by atomic mass is 16.2. The fraction of sp³-hybridized carbons (Fsp3) is 0.929. The number of piperidine rings is 1. The number of likely N-dealkylation sites (N-methyl/N-ethyl adjacent to an activating group) is 1. The first kappa shape index (κ1) is 13.8. The van der Waals surface area contributed by atoms with E-state index in [4.69, 9.17) is 0 Å². The van der Waals surface area contributed by atoms with Gasteiger partial charge in [-0.3, -0.25) is 9.69 Å². The van der Waals surface area contributed by atoms with Gasteiger partial charge in [0, 0.05) is 25.7 Å². The number of rotatable bonds is 4. The lowest BCUT2D eigenvalue weighted by molar-refractivity contribution is -0.134. The van der Waals surface area contributed by atoms with E-state index in [1.807, 2.05) is 11.8 Å². The SMILES string of the molecule is CC(C(=O)N1CCCC1)N(C)CC1CCCCN1. The Morgan fingerprint density at radius 2 is 2.06 bits per heavy atom. The van der Waals surface area contributed by atoms with Gasteiger partial charge in [0.15, 0.2) is 0 Å². The number of hydrogen-bond donors (Lipinski definition) is 1. The van der Waals surface area contributed by atoms with E-state index in [1.165, 1.54) is 32.1 Å². The topological polar surface area (TPSA) is 35.6 Å². The van der Waals surface area contributed by atoms with E-state index in [2.05, 4.69) is 17.3 Å². The number of carbonyl (C=O) groups excluding carboxylic acids is 1. The van der Waals surface area contributed by atoms with Crippen LogP contribution in [0.4, 0.5) is 0 Å². The first-order valence-electron chi connectivity index (χ1n) is 7.41. The van der Waals surface area contributed by atoms with E-state index >= 15 is 0 Å². The lowest BCUT2D eigenvalue weighted by Crippen LogP contribution is -2.50. The molecule has 0 spiro atoms. The van der Waals surface area contributed by atoms with E-state index in [0.717, 1.165) is 26.2 Å². The fourth-order valence-electron chi connectivity index (χ4n) is 2.98. The van der Waals surface area contributed by atoms with Crippen LogP contribution in [-0.2, 0) is 4.79 Å². The van der Waals surface area contributed by atoms with Gasteiger partial charge >= 0.3 is 0 Å². The molecule has 2 saturated heterocycles. The molecule has 104 valence electrons. The molecule has 18 heavy (non-hydrogen) atoms. The molecule has 0 saturated carbocycles. The van der Waals surface area contributed by atoms with Crippen molar-refractivity contribution in [2.45, 2.75) is 51.1 Å². The Kier molecular flexibility index (Phi) is 5.01. The third-order valence-electron chi connectivity index (χ3n) is 4.36. The third kappa shape index (κ3) is 3.45. The van der Waals surface area contributed by atoms with E-state index in [0.29, 0.717) is 11.9 Å². The molecule has 0 aromatic heterocycles. The van der Waals surface area contributed by atoms with Crippen LogP contribution >= 0.6 is 0 Å². The lowest BCUT2D eigenvalue weighted by Gasteiger charge is -2.32. The molecule has 2 heterocycles. The lowest BCUT2D eigenvalue weighted by atomic mass is 10.0. The molecule has 0 aromatic carbocycles. The van der Waals surface area contributed by atoms with E-state index in [-0.39, 0.29) is 6.04 Å². The molecule has 0 aliphatic carbocycles. The quantitative estimate of drug-likeness (QED) is 0.814. The standard InChI is InChI=1S/C14H27N3O/c1-12(14(18)17-9-5-6-10-17)16(2)11-13-7-3-4-8-15-13/h12-13,15H,3-11H2,1-2H3. The molecule has 2 aliphatic heterocycles. The van der Waals surface area contributed by atoms with Crippen molar-refractivity contribution >= 4 is 5.91 Å². The molecule has 1 N–H and O–H groups in total. The Morgan fingerprint density at radius 3 is 2.67 bits per heavy atom. The first-order chi connectivity index (χ1) is 8.68. The summed E-state index contributed by atoms with van der Waals surface area (Å²) in [7, 11) is 2.08. The summed E-state index contributed by atoms with van der Waals surface area (Å²) in [5.74, 6) is 0.311. The van der Waals surface area contributed by atoms with E-state index in [9.17, 15) is 4.79 Å². The average Bonchev–Trinajstić information content (AvgIpc) is 2.92. The zero-order valence-electron chi connectivity index (χ0n) is 11.8. The molecule has 0 bridgehead atoms. The fourth-order valence-corrected chi connectivity index (χ4v) is 2.98. The first-order valence-corrected chi connectivity index (χ1v) is 7.41. The summed E-state index contributed by atoms with van der Waals surface area (Å²) in [6.45, 7) is 6.08. The van der Waals surface area contributed by atoms with Crippen LogP contribution in [0.2, 0.25) is 0 Å². The normalized spacial score (nSPS) is 26.6. The van der Waals surface area contributed by atoms with Gasteiger partial charge in [-0.1, -0.05) is 6.42 Å². The van der Waals surface area contributed by atoms with Crippen LogP contribution in [-0.4, -0.2) is 61.0 Å². The van der Waals surface area contributed by atoms with Gasteiger partial charge in [0.1, 0.15) is 0 Å². The Morgan fingerprint density at radius 1 is 1.33 bits per heavy atom. The minimum Gasteiger partial charge on any atom is -0.341 e. The molecule has 2 rings (SSSR count). The van der Waals surface area contributed by atoms with Gasteiger partial charge in [0.2, 0.25) is 5.91 Å². The van der Waals surface area contributed by atoms with Crippen molar-refractivity contribution in [3.63, 3.8) is 0 Å². The number of likely N-dealkylation sites (tertiary alicyclic amines) is 1. The molecule has 1 amide bonds. The Balaban J connectivity index is 1.79. The second-order valence-corrected chi connectivity index (χ2v) is 5.79. The predicted molar refractivity (Wildman–Crippen MR) is 73.5 cm³/mol. The van der Waals surface area contributed by atoms with Crippen LogP contribution in [0.5, 0.6) is 0 Å². The minimum absolute atomic E-state index is 0.0202. The van der Waals surface area contributed by atoms with Crippen molar-refractivity contribution in [1.82, 2.24) is 15.1 Å². The highest BCUT2D eigenvalue weighted by molar-refractivity contribution is 5.81. The van der Waals surface area contributed by atoms with Crippen molar-refractivity contribution < 1.29 is 4.79 Å². The van der Waals surface area contributed by atoms with Crippen LogP contribution < -0.4 is 5.32 Å². The Bertz CT molecular complexity index is 270. The number of hydrogen-bond acceptors (Lipinski definition) is 3. The monoisotopic (exact) mass is 253 g/mol. The Labute approximate surface area is 111 Å². The summed E-state index contributed by atoms with van der Waals surface area (Å²) in [5.41, 5.74) is 0. The summed E-state index contributed by atoms with van der Waals surface area (Å²) in [5, 5.41) is 3.55. The summed E-state index contributed by atoms with van der Waals surface area (Å²) in [6.07, 6.45) is 6.20. The van der Waals surface area contributed by atoms with E-state index in [1.54, 1.807) is 0 Å². The van der Waals surface area contributed by atoms with E-state index < -0.39 is 0 Å². The van der Waals surface area contributed by atoms with Crippen LogP contribution in [0.15, 0.2) is 0 Å². The van der Waals surface area contributed by atoms with Crippen molar-refractivity contribution in [2.75, 3.05) is 33.2 Å². The minimum atomic E-state index is 0.0202. The molecular weight excluding hydrogens is 226 g/mol. The molecular formula is C14H27N3O. The van der Waals surface area contributed by atoms with Gasteiger partial charge in [-0.15, -0.1) is 0 Å². The summed E-state index contributed by atoms with van der Waals surface area (Å²) in [6, 6.07) is 0.587. The van der Waals surface area contributed by atoms with Crippen molar-refractivity contribution in [2.24, 2.45) is 0 Å². The maximum Gasteiger partial charge on any atom is 0.239 e. The molecule has 2 unspecified atom stereocenters. The maximum absolute atomic E-state index is 12.3. The number of nitrogens with zero attached hydrogens (tertiary/aromatic N) is 2. The van der Waals surface area contributed by atoms with Crippen LogP contribution in [0.1, 0.15) is 39.0 Å². The average molecular weight is 253 g/mol. The third-order valence-corrected chi connectivity index (χ3v) is 4.36. The second kappa shape index (κ2) is 6.53. The van der Waals surface area contributed by atoms with Gasteiger partial charge < -0.3 is 10.2 Å². The van der Waals surface area contributed by atoms with Gasteiger partial charge in [-0.25, -0.2) is 0 Å². The van der Waals surface area contributed by atoms with Gasteiger partial charge in [0.25, 0.3) is 0 Å². The van der Waals surface area contributed by atoms with Gasteiger partial charge in [-0.2, -0.15) is 0 Å². The van der Waals surface area contributed by atoms with Crippen molar-refractivity contribution in [3.8, 4) is 0 Å². The molecule has 0 radical (unpaired) electrons. The second-order valence-electron chi connectivity index (χ2n) is 5.79. The van der Waals surface area contributed by atoms with Crippen molar-refractivity contribution in [1.29, 1.82) is 0 Å². The Hall–Kier alpha value is -0.610. The van der Waals surface area contributed by atoms with Crippen LogP contribution in [0, 0.1) is 0 Å². The highest BCUT2D eigenvalue weighted by Crippen LogP contribution is 2.13. The molecule has 4 nitrogen and oxygen atoms in total. The molecule has 4 heteroatoms. The largest absolute Gasteiger partial charge is 0.341 e. The zero-order valence-corrected chi connectivity index (χ0v) is 11.8.